The van der Waals surface area contributed by atoms with Crippen LogP contribution in [-0.4, -0.2) is 5.78 Å². The molecular weight excluding hydrogens is 286 g/mol. The Labute approximate surface area is 119 Å². The van der Waals surface area contributed by atoms with Crippen LogP contribution < -0.4 is 4.74 Å². The molecule has 0 fully saturated rings. The summed E-state index contributed by atoms with van der Waals surface area (Å²) in [5.41, 5.74) is 0.424. The van der Waals surface area contributed by atoms with E-state index >= 15 is 0 Å². The van der Waals surface area contributed by atoms with Crippen LogP contribution in [-0.2, 0) is 6.61 Å². The molecule has 0 aliphatic rings. The number of benzene rings is 2. The van der Waals surface area contributed by atoms with Crippen LogP contribution in [0.4, 0.5) is 8.78 Å². The van der Waals surface area contributed by atoms with Crippen LogP contribution in [0.3, 0.4) is 0 Å². The fourth-order valence-corrected chi connectivity index (χ4v) is 1.86. The standard InChI is InChI=1S/C15H11ClF2O2/c1-9(19)13-7-12(17)4-5-15(13)20-8-10-2-3-11(16)6-14(10)18/h2-7H,8H2,1H3. The van der Waals surface area contributed by atoms with Crippen LogP contribution in [0.5, 0.6) is 5.75 Å². The highest BCUT2D eigenvalue weighted by atomic mass is 35.5. The van der Waals surface area contributed by atoms with Crippen molar-refractivity contribution in [2.75, 3.05) is 0 Å². The van der Waals surface area contributed by atoms with Gasteiger partial charge < -0.3 is 4.74 Å². The van der Waals surface area contributed by atoms with Crippen LogP contribution in [0.25, 0.3) is 0 Å². The second kappa shape index (κ2) is 6.01. The predicted octanol–water partition coefficient (Wildman–Crippen LogP) is 4.40. The van der Waals surface area contributed by atoms with E-state index in [1.807, 2.05) is 0 Å². The third kappa shape index (κ3) is 3.33. The maximum absolute atomic E-state index is 13.6. The van der Waals surface area contributed by atoms with Crippen LogP contribution >= 0.6 is 11.6 Å². The number of carbonyl (C=O) groups excluding carboxylic acids is 1. The average Bonchev–Trinajstić information content (AvgIpc) is 2.38. The Morgan fingerprint density at radius 2 is 1.95 bits per heavy atom. The highest BCUT2D eigenvalue weighted by Gasteiger charge is 2.11. The fraction of sp³-hybridized carbons (Fsp3) is 0.133. The summed E-state index contributed by atoms with van der Waals surface area (Å²) in [6, 6.07) is 7.83. The molecule has 0 amide bonds. The zero-order valence-electron chi connectivity index (χ0n) is 10.6. The number of rotatable bonds is 4. The topological polar surface area (TPSA) is 26.3 Å². The Hall–Kier alpha value is -1.94. The SMILES string of the molecule is CC(=O)c1cc(F)ccc1OCc1ccc(Cl)cc1F. The van der Waals surface area contributed by atoms with Gasteiger partial charge in [0, 0.05) is 10.6 Å². The van der Waals surface area contributed by atoms with Gasteiger partial charge in [-0.3, -0.25) is 4.79 Å². The van der Waals surface area contributed by atoms with E-state index in [1.54, 1.807) is 6.07 Å². The van der Waals surface area contributed by atoms with Gasteiger partial charge in [-0.2, -0.15) is 0 Å². The van der Waals surface area contributed by atoms with Gasteiger partial charge in [-0.25, -0.2) is 8.78 Å². The Morgan fingerprint density at radius 1 is 1.20 bits per heavy atom. The van der Waals surface area contributed by atoms with Crippen molar-refractivity contribution in [1.82, 2.24) is 0 Å². The molecule has 2 aromatic carbocycles. The molecule has 0 aliphatic heterocycles. The van der Waals surface area contributed by atoms with Gasteiger partial charge in [0.1, 0.15) is 24.0 Å². The lowest BCUT2D eigenvalue weighted by Gasteiger charge is -2.10. The number of hydrogen-bond acceptors (Lipinski definition) is 2. The van der Waals surface area contributed by atoms with Gasteiger partial charge in [-0.05, 0) is 37.3 Å². The van der Waals surface area contributed by atoms with E-state index in [4.69, 9.17) is 16.3 Å². The quantitative estimate of drug-likeness (QED) is 0.782. The Balaban J connectivity index is 2.20. The van der Waals surface area contributed by atoms with Crippen LogP contribution in [0.15, 0.2) is 36.4 Å². The van der Waals surface area contributed by atoms with E-state index in [1.165, 1.54) is 31.2 Å². The summed E-state index contributed by atoms with van der Waals surface area (Å²) in [6.45, 7) is 1.24. The first-order valence-corrected chi connectivity index (χ1v) is 6.22. The Morgan fingerprint density at radius 3 is 2.60 bits per heavy atom. The second-order valence-electron chi connectivity index (χ2n) is 4.22. The largest absolute Gasteiger partial charge is 0.488 e. The van der Waals surface area contributed by atoms with Gasteiger partial charge in [0.15, 0.2) is 5.78 Å². The van der Waals surface area contributed by atoms with E-state index in [0.29, 0.717) is 5.56 Å². The molecule has 20 heavy (non-hydrogen) atoms. The molecule has 0 N–H and O–H groups in total. The van der Waals surface area contributed by atoms with E-state index in [0.717, 1.165) is 6.07 Å². The maximum Gasteiger partial charge on any atom is 0.163 e. The molecule has 0 saturated carbocycles. The Bertz CT molecular complexity index is 656. The molecule has 2 nitrogen and oxygen atoms in total. The molecule has 0 bridgehead atoms. The van der Waals surface area contributed by atoms with E-state index in [9.17, 15) is 13.6 Å². The third-order valence-electron chi connectivity index (χ3n) is 2.72. The van der Waals surface area contributed by atoms with Crippen LogP contribution in [0, 0.1) is 11.6 Å². The number of hydrogen-bond donors (Lipinski definition) is 0. The van der Waals surface area contributed by atoms with Gasteiger partial charge in [0.25, 0.3) is 0 Å². The molecule has 0 aromatic heterocycles. The number of Topliss-reactive ketones (excluding diaryl/α,β-unsaturated/α-hetero) is 1. The molecule has 0 heterocycles. The molecule has 0 saturated heterocycles. The summed E-state index contributed by atoms with van der Waals surface area (Å²) in [5.74, 6) is -1.13. The van der Waals surface area contributed by atoms with Crippen molar-refractivity contribution in [2.24, 2.45) is 0 Å². The third-order valence-corrected chi connectivity index (χ3v) is 2.95. The van der Waals surface area contributed by atoms with Crippen molar-refractivity contribution in [3.05, 3.63) is 64.2 Å². The molecule has 0 atom stereocenters. The fourth-order valence-electron chi connectivity index (χ4n) is 1.70. The summed E-state index contributed by atoms with van der Waals surface area (Å²) in [6.07, 6.45) is 0. The molecule has 2 rings (SSSR count). The summed E-state index contributed by atoms with van der Waals surface area (Å²) < 4.78 is 32.1. The highest BCUT2D eigenvalue weighted by Crippen LogP contribution is 2.22. The first-order chi connectivity index (χ1) is 9.47. The molecule has 0 aliphatic carbocycles. The molecular formula is C15H11ClF2O2. The lowest BCUT2D eigenvalue weighted by Crippen LogP contribution is -2.03. The average molecular weight is 297 g/mol. The van der Waals surface area contributed by atoms with Gasteiger partial charge in [-0.15, -0.1) is 0 Å². The first kappa shape index (κ1) is 14.5. The predicted molar refractivity (Wildman–Crippen MR) is 72.1 cm³/mol. The summed E-state index contributed by atoms with van der Waals surface area (Å²) in [5, 5.41) is 0.289. The van der Waals surface area contributed by atoms with Crippen LogP contribution in [0.1, 0.15) is 22.8 Å². The number of carbonyl (C=O) groups is 1. The summed E-state index contributed by atoms with van der Waals surface area (Å²) in [7, 11) is 0. The summed E-state index contributed by atoms with van der Waals surface area (Å²) in [4.78, 5) is 11.4. The minimum Gasteiger partial charge on any atom is -0.488 e. The maximum atomic E-state index is 13.6. The van der Waals surface area contributed by atoms with Gasteiger partial charge in [-0.1, -0.05) is 17.7 Å². The van der Waals surface area contributed by atoms with Crippen molar-refractivity contribution < 1.29 is 18.3 Å². The molecule has 0 radical (unpaired) electrons. The van der Waals surface area contributed by atoms with Crippen molar-refractivity contribution in [1.29, 1.82) is 0 Å². The lowest BCUT2D eigenvalue weighted by atomic mass is 10.1. The normalized spacial score (nSPS) is 10.4. The van der Waals surface area contributed by atoms with E-state index < -0.39 is 11.6 Å². The smallest absolute Gasteiger partial charge is 0.163 e. The Kier molecular flexibility index (Phi) is 4.35. The number of halogens is 3. The summed E-state index contributed by atoms with van der Waals surface area (Å²) >= 11 is 5.65. The number of ketones is 1. The van der Waals surface area contributed by atoms with E-state index in [-0.39, 0.29) is 28.7 Å². The minimum atomic E-state index is -0.528. The molecule has 5 heteroatoms. The van der Waals surface area contributed by atoms with Gasteiger partial charge >= 0.3 is 0 Å². The van der Waals surface area contributed by atoms with Crippen molar-refractivity contribution >= 4 is 17.4 Å². The lowest BCUT2D eigenvalue weighted by molar-refractivity contribution is 0.101. The first-order valence-electron chi connectivity index (χ1n) is 5.84. The molecule has 0 unspecified atom stereocenters. The molecule has 104 valence electrons. The zero-order chi connectivity index (χ0) is 14.7. The molecule has 0 spiro atoms. The zero-order valence-corrected chi connectivity index (χ0v) is 11.4. The second-order valence-corrected chi connectivity index (χ2v) is 4.66. The van der Waals surface area contributed by atoms with Crippen LogP contribution in [0.2, 0.25) is 5.02 Å². The number of ether oxygens (including phenoxy) is 1. The van der Waals surface area contributed by atoms with Gasteiger partial charge in [0.2, 0.25) is 0 Å². The van der Waals surface area contributed by atoms with E-state index in [2.05, 4.69) is 0 Å². The van der Waals surface area contributed by atoms with Crippen molar-refractivity contribution in [2.45, 2.75) is 13.5 Å². The van der Waals surface area contributed by atoms with Crippen molar-refractivity contribution in [3.63, 3.8) is 0 Å². The minimum absolute atomic E-state index is 0.0745. The monoisotopic (exact) mass is 296 g/mol. The van der Waals surface area contributed by atoms with Crippen molar-refractivity contribution in [3.8, 4) is 5.75 Å². The van der Waals surface area contributed by atoms with Gasteiger partial charge in [0.05, 0.1) is 5.56 Å². The molecule has 2 aromatic rings. The highest BCUT2D eigenvalue weighted by molar-refractivity contribution is 6.30.